The highest BCUT2D eigenvalue weighted by Gasteiger charge is 2.10. The van der Waals surface area contributed by atoms with E-state index in [1.807, 2.05) is 13.8 Å². The van der Waals surface area contributed by atoms with Gasteiger partial charge >= 0.3 is 0 Å². The highest BCUT2D eigenvalue weighted by molar-refractivity contribution is 5.97. The van der Waals surface area contributed by atoms with Crippen molar-refractivity contribution < 1.29 is 19.8 Å². The number of phenols is 2. The van der Waals surface area contributed by atoms with Gasteiger partial charge in [-0.3, -0.25) is 9.59 Å². The van der Waals surface area contributed by atoms with Gasteiger partial charge < -0.3 is 20.8 Å². The van der Waals surface area contributed by atoms with Crippen LogP contribution in [0.5, 0.6) is 11.5 Å². The van der Waals surface area contributed by atoms with Crippen LogP contribution in [-0.4, -0.2) is 34.6 Å². The Bertz CT molecular complexity index is 437. The summed E-state index contributed by atoms with van der Waals surface area (Å²) in [5.74, 6) is -1.28. The Morgan fingerprint density at radius 3 is 2.22 bits per heavy atom. The maximum absolute atomic E-state index is 11.6. The molecule has 0 spiro atoms. The van der Waals surface area contributed by atoms with Gasteiger partial charge in [-0.05, 0) is 26.0 Å². The van der Waals surface area contributed by atoms with Gasteiger partial charge in [0.15, 0.2) is 0 Å². The van der Waals surface area contributed by atoms with Crippen LogP contribution in [-0.2, 0) is 4.79 Å². The summed E-state index contributed by atoms with van der Waals surface area (Å²) >= 11 is 0. The average Bonchev–Trinajstić information content (AvgIpc) is 2.23. The molecule has 0 atom stereocenters. The van der Waals surface area contributed by atoms with Crippen LogP contribution in [0.3, 0.4) is 0 Å². The molecule has 18 heavy (non-hydrogen) atoms. The van der Waals surface area contributed by atoms with Crippen molar-refractivity contribution in [3.8, 4) is 11.5 Å². The summed E-state index contributed by atoms with van der Waals surface area (Å²) in [7, 11) is 0. The minimum Gasteiger partial charge on any atom is -0.508 e. The van der Waals surface area contributed by atoms with E-state index in [1.165, 1.54) is 12.1 Å². The maximum atomic E-state index is 11.6. The summed E-state index contributed by atoms with van der Waals surface area (Å²) in [6.45, 7) is 3.47. The van der Waals surface area contributed by atoms with Crippen molar-refractivity contribution >= 4 is 11.8 Å². The van der Waals surface area contributed by atoms with Crippen LogP contribution >= 0.6 is 0 Å². The van der Waals surface area contributed by atoms with E-state index in [0.717, 1.165) is 6.07 Å². The Hall–Kier alpha value is -2.24. The van der Waals surface area contributed by atoms with Crippen LogP contribution in [0.4, 0.5) is 0 Å². The van der Waals surface area contributed by atoms with Crippen LogP contribution < -0.4 is 10.6 Å². The Morgan fingerprint density at radius 2 is 1.72 bits per heavy atom. The van der Waals surface area contributed by atoms with E-state index in [1.54, 1.807) is 0 Å². The Kier molecular flexibility index (Phi) is 4.53. The Labute approximate surface area is 105 Å². The molecule has 98 valence electrons. The minimum absolute atomic E-state index is 0.000726. The summed E-state index contributed by atoms with van der Waals surface area (Å²) in [6.07, 6.45) is 0. The normalized spacial score (nSPS) is 10.2. The SMILES string of the molecule is CC(C)NC(=O)CNC(=O)c1cc(O)cc(O)c1. The van der Waals surface area contributed by atoms with Crippen LogP contribution in [0.15, 0.2) is 18.2 Å². The molecular weight excluding hydrogens is 236 g/mol. The quantitative estimate of drug-likeness (QED) is 0.621. The average molecular weight is 252 g/mol. The van der Waals surface area contributed by atoms with Crippen LogP contribution in [0.1, 0.15) is 24.2 Å². The molecule has 0 heterocycles. The van der Waals surface area contributed by atoms with Crippen molar-refractivity contribution in [2.75, 3.05) is 6.54 Å². The number of carbonyl (C=O) groups is 2. The van der Waals surface area contributed by atoms with Gasteiger partial charge in [0.2, 0.25) is 5.91 Å². The summed E-state index contributed by atoms with van der Waals surface area (Å²) in [5, 5.41) is 23.4. The van der Waals surface area contributed by atoms with E-state index < -0.39 is 5.91 Å². The molecule has 2 amide bonds. The zero-order valence-electron chi connectivity index (χ0n) is 10.2. The molecule has 0 radical (unpaired) electrons. The fourth-order valence-corrected chi connectivity index (χ4v) is 1.36. The van der Waals surface area contributed by atoms with Gasteiger partial charge in [-0.25, -0.2) is 0 Å². The van der Waals surface area contributed by atoms with E-state index in [0.29, 0.717) is 0 Å². The van der Waals surface area contributed by atoms with Gasteiger partial charge in [0.05, 0.1) is 6.54 Å². The minimum atomic E-state index is -0.542. The van der Waals surface area contributed by atoms with Crippen molar-refractivity contribution in [3.63, 3.8) is 0 Å². The summed E-state index contributed by atoms with van der Waals surface area (Å²) < 4.78 is 0. The molecule has 0 aliphatic rings. The van der Waals surface area contributed by atoms with Gasteiger partial charge in [0.1, 0.15) is 11.5 Å². The lowest BCUT2D eigenvalue weighted by Crippen LogP contribution is -2.39. The molecule has 6 heteroatoms. The first-order chi connectivity index (χ1) is 8.38. The van der Waals surface area contributed by atoms with E-state index in [4.69, 9.17) is 0 Å². The molecule has 0 bridgehead atoms. The van der Waals surface area contributed by atoms with E-state index in [9.17, 15) is 19.8 Å². The monoisotopic (exact) mass is 252 g/mol. The number of phenolic OH excluding ortho intramolecular Hbond substituents is 2. The van der Waals surface area contributed by atoms with Crippen molar-refractivity contribution in [3.05, 3.63) is 23.8 Å². The van der Waals surface area contributed by atoms with Gasteiger partial charge in [0.25, 0.3) is 5.91 Å². The predicted molar refractivity (Wildman–Crippen MR) is 65.4 cm³/mol. The predicted octanol–water partition coefficient (Wildman–Crippen LogP) is 0.352. The number of carbonyl (C=O) groups excluding carboxylic acids is 2. The zero-order valence-corrected chi connectivity index (χ0v) is 10.2. The lowest BCUT2D eigenvalue weighted by molar-refractivity contribution is -0.120. The third-order valence-electron chi connectivity index (χ3n) is 2.02. The molecule has 0 aliphatic carbocycles. The van der Waals surface area contributed by atoms with E-state index >= 15 is 0 Å². The van der Waals surface area contributed by atoms with Gasteiger partial charge in [-0.2, -0.15) is 0 Å². The molecule has 0 aliphatic heterocycles. The molecule has 1 rings (SSSR count). The van der Waals surface area contributed by atoms with Crippen molar-refractivity contribution in [2.24, 2.45) is 0 Å². The van der Waals surface area contributed by atoms with Crippen molar-refractivity contribution in [1.29, 1.82) is 0 Å². The van der Waals surface area contributed by atoms with Gasteiger partial charge in [-0.1, -0.05) is 0 Å². The third kappa shape index (κ3) is 4.32. The van der Waals surface area contributed by atoms with Crippen molar-refractivity contribution in [1.82, 2.24) is 10.6 Å². The Balaban J connectivity index is 2.58. The fraction of sp³-hybridized carbons (Fsp3) is 0.333. The number of nitrogens with one attached hydrogen (secondary N) is 2. The van der Waals surface area contributed by atoms with Crippen LogP contribution in [0, 0.1) is 0 Å². The second-order valence-electron chi connectivity index (χ2n) is 4.14. The number of amides is 2. The van der Waals surface area contributed by atoms with Crippen LogP contribution in [0.2, 0.25) is 0 Å². The molecule has 0 saturated heterocycles. The highest BCUT2D eigenvalue weighted by atomic mass is 16.3. The topological polar surface area (TPSA) is 98.7 Å². The lowest BCUT2D eigenvalue weighted by atomic mass is 10.2. The summed E-state index contributed by atoms with van der Waals surface area (Å²) in [6, 6.07) is 3.52. The summed E-state index contributed by atoms with van der Waals surface area (Å²) in [4.78, 5) is 22.9. The van der Waals surface area contributed by atoms with E-state index in [2.05, 4.69) is 10.6 Å². The summed E-state index contributed by atoms with van der Waals surface area (Å²) in [5.41, 5.74) is 0.0878. The first-order valence-corrected chi connectivity index (χ1v) is 5.49. The smallest absolute Gasteiger partial charge is 0.251 e. The molecule has 6 nitrogen and oxygen atoms in total. The van der Waals surface area contributed by atoms with E-state index in [-0.39, 0.29) is 35.6 Å². The molecule has 4 N–H and O–H groups in total. The molecule has 0 fully saturated rings. The Morgan fingerprint density at radius 1 is 1.17 bits per heavy atom. The molecule has 0 unspecified atom stereocenters. The molecule has 1 aromatic rings. The maximum Gasteiger partial charge on any atom is 0.251 e. The van der Waals surface area contributed by atoms with Crippen LogP contribution in [0.25, 0.3) is 0 Å². The highest BCUT2D eigenvalue weighted by Crippen LogP contribution is 2.20. The van der Waals surface area contributed by atoms with Crippen molar-refractivity contribution in [2.45, 2.75) is 19.9 Å². The largest absolute Gasteiger partial charge is 0.508 e. The fourth-order valence-electron chi connectivity index (χ4n) is 1.36. The number of hydrogen-bond donors (Lipinski definition) is 4. The number of hydrogen-bond acceptors (Lipinski definition) is 4. The first kappa shape index (κ1) is 13.8. The number of benzene rings is 1. The molecular formula is C12H16N2O4. The molecule has 0 aromatic heterocycles. The molecule has 1 aromatic carbocycles. The third-order valence-corrected chi connectivity index (χ3v) is 2.02. The lowest BCUT2D eigenvalue weighted by Gasteiger charge is -2.09. The second kappa shape index (κ2) is 5.90. The number of rotatable bonds is 4. The van der Waals surface area contributed by atoms with Gasteiger partial charge in [-0.15, -0.1) is 0 Å². The number of aromatic hydroxyl groups is 2. The first-order valence-electron chi connectivity index (χ1n) is 5.49. The van der Waals surface area contributed by atoms with Gasteiger partial charge in [0, 0.05) is 17.7 Å². The standard InChI is InChI=1S/C12H16N2O4/c1-7(2)14-11(17)6-13-12(18)8-3-9(15)5-10(16)4-8/h3-5,7,15-16H,6H2,1-2H3,(H,13,18)(H,14,17). The zero-order chi connectivity index (χ0) is 13.7. The second-order valence-corrected chi connectivity index (χ2v) is 4.14. The molecule has 0 saturated carbocycles.